The van der Waals surface area contributed by atoms with Crippen LogP contribution in [0, 0.1) is 13.8 Å². The van der Waals surface area contributed by atoms with Gasteiger partial charge in [-0.05, 0) is 44.9 Å². The van der Waals surface area contributed by atoms with Gasteiger partial charge in [-0.3, -0.25) is 4.57 Å². The first kappa shape index (κ1) is 21.4. The quantitative estimate of drug-likeness (QED) is 0.635. The number of oxazole rings is 1. The molecule has 31 heavy (non-hydrogen) atoms. The highest BCUT2D eigenvalue weighted by molar-refractivity contribution is 7.89. The van der Waals surface area contributed by atoms with Gasteiger partial charge in [-0.2, -0.15) is 4.31 Å². The fourth-order valence-electron chi connectivity index (χ4n) is 3.78. The van der Waals surface area contributed by atoms with E-state index < -0.39 is 21.4 Å². The Hall–Kier alpha value is -2.79. The standard InChI is InChI=1S/C20H24FN5O4S/c1-13-10-18(24-14(2)23-13)22-12-20(21)6-8-26(9-7-20)31(28,29)15-4-5-17-16(11-15)25(3)19(27)30-17/h4-5,10-11H,6-9,12H2,1-3H3,(H,22,23,24). The molecular weight excluding hydrogens is 425 g/mol. The molecular formula is C20H24FN5O4S. The van der Waals surface area contributed by atoms with Gasteiger partial charge in [-0.25, -0.2) is 27.6 Å². The van der Waals surface area contributed by atoms with Crippen LogP contribution in [0.2, 0.25) is 0 Å². The van der Waals surface area contributed by atoms with E-state index in [0.717, 1.165) is 5.69 Å². The number of aromatic nitrogens is 3. The number of alkyl halides is 1. The number of sulfonamides is 1. The number of nitrogens with one attached hydrogen (secondary N) is 1. The number of anilines is 1. The molecule has 3 aromatic rings. The van der Waals surface area contributed by atoms with E-state index in [4.69, 9.17) is 4.42 Å². The van der Waals surface area contributed by atoms with Crippen LogP contribution in [0.5, 0.6) is 0 Å². The first-order valence-electron chi connectivity index (χ1n) is 9.92. The lowest BCUT2D eigenvalue weighted by Crippen LogP contribution is -2.47. The van der Waals surface area contributed by atoms with Gasteiger partial charge in [0.25, 0.3) is 0 Å². The molecule has 0 spiro atoms. The summed E-state index contributed by atoms with van der Waals surface area (Å²) in [5.41, 5.74) is -0.0513. The lowest BCUT2D eigenvalue weighted by atomic mass is 9.94. The van der Waals surface area contributed by atoms with Crippen molar-refractivity contribution in [2.75, 3.05) is 25.0 Å². The largest absolute Gasteiger partial charge is 0.419 e. The maximum Gasteiger partial charge on any atom is 0.419 e. The molecule has 1 aliphatic heterocycles. The fraction of sp³-hybridized carbons (Fsp3) is 0.450. The van der Waals surface area contributed by atoms with Gasteiger partial charge in [0.15, 0.2) is 5.58 Å². The van der Waals surface area contributed by atoms with Gasteiger partial charge in [-0.1, -0.05) is 0 Å². The lowest BCUT2D eigenvalue weighted by molar-refractivity contribution is 0.102. The van der Waals surface area contributed by atoms with Crippen LogP contribution < -0.4 is 11.1 Å². The highest BCUT2D eigenvalue weighted by atomic mass is 32.2. The van der Waals surface area contributed by atoms with Crippen molar-refractivity contribution in [1.29, 1.82) is 0 Å². The second-order valence-electron chi connectivity index (χ2n) is 7.91. The van der Waals surface area contributed by atoms with Crippen molar-refractivity contribution < 1.29 is 17.2 Å². The average Bonchev–Trinajstić information content (AvgIpc) is 3.00. The molecule has 1 saturated heterocycles. The molecule has 0 unspecified atom stereocenters. The highest BCUT2D eigenvalue weighted by Gasteiger charge is 2.39. The molecule has 11 heteroatoms. The minimum absolute atomic E-state index is 0.0415. The molecule has 0 radical (unpaired) electrons. The van der Waals surface area contributed by atoms with E-state index in [2.05, 4.69) is 15.3 Å². The number of fused-ring (bicyclic) bond motifs is 1. The molecule has 1 aliphatic rings. The van der Waals surface area contributed by atoms with E-state index in [1.807, 2.05) is 6.92 Å². The van der Waals surface area contributed by atoms with Crippen LogP contribution in [0.3, 0.4) is 0 Å². The second kappa shape index (κ2) is 7.72. The van der Waals surface area contributed by atoms with Crippen LogP contribution >= 0.6 is 0 Å². The summed E-state index contributed by atoms with van der Waals surface area (Å²) in [4.78, 5) is 20.1. The predicted molar refractivity (Wildman–Crippen MR) is 113 cm³/mol. The van der Waals surface area contributed by atoms with Crippen molar-refractivity contribution in [3.8, 4) is 0 Å². The normalized spacial score (nSPS) is 17.2. The third kappa shape index (κ3) is 4.19. The zero-order chi connectivity index (χ0) is 22.4. The number of hydrogen-bond acceptors (Lipinski definition) is 7. The number of piperidine rings is 1. The van der Waals surface area contributed by atoms with Crippen molar-refractivity contribution in [3.63, 3.8) is 0 Å². The fourth-order valence-corrected chi connectivity index (χ4v) is 5.24. The topological polar surface area (TPSA) is 110 Å². The highest BCUT2D eigenvalue weighted by Crippen LogP contribution is 2.31. The van der Waals surface area contributed by atoms with Crippen LogP contribution in [-0.4, -0.2) is 52.6 Å². The third-order valence-corrected chi connectivity index (χ3v) is 7.47. The molecule has 1 N–H and O–H groups in total. The van der Waals surface area contributed by atoms with Crippen LogP contribution in [0.25, 0.3) is 11.1 Å². The lowest BCUT2D eigenvalue weighted by Gasteiger charge is -2.35. The maximum absolute atomic E-state index is 15.3. The number of benzene rings is 1. The van der Waals surface area contributed by atoms with Gasteiger partial charge in [0, 0.05) is 31.9 Å². The van der Waals surface area contributed by atoms with Crippen molar-refractivity contribution >= 4 is 26.9 Å². The van der Waals surface area contributed by atoms with Crippen molar-refractivity contribution in [2.24, 2.45) is 7.05 Å². The van der Waals surface area contributed by atoms with E-state index in [9.17, 15) is 13.2 Å². The first-order valence-corrected chi connectivity index (χ1v) is 11.4. The molecule has 2 aromatic heterocycles. The average molecular weight is 450 g/mol. The second-order valence-corrected chi connectivity index (χ2v) is 9.84. The van der Waals surface area contributed by atoms with Gasteiger partial charge in [0.05, 0.1) is 17.0 Å². The van der Waals surface area contributed by atoms with Gasteiger partial charge in [0.2, 0.25) is 10.0 Å². The Kier molecular flexibility index (Phi) is 5.34. The Morgan fingerprint density at radius 3 is 2.58 bits per heavy atom. The molecule has 0 amide bonds. The molecule has 3 heterocycles. The van der Waals surface area contributed by atoms with Crippen LogP contribution in [0.15, 0.2) is 38.4 Å². The monoisotopic (exact) mass is 449 g/mol. The minimum Gasteiger partial charge on any atom is -0.408 e. The maximum atomic E-state index is 15.3. The van der Waals surface area contributed by atoms with Gasteiger partial charge in [0.1, 0.15) is 17.3 Å². The Balaban J connectivity index is 1.46. The summed E-state index contributed by atoms with van der Waals surface area (Å²) in [5, 5.41) is 3.01. The molecule has 1 aromatic carbocycles. The van der Waals surface area contributed by atoms with Crippen molar-refractivity contribution in [3.05, 3.63) is 46.3 Å². The molecule has 0 atom stereocenters. The summed E-state index contributed by atoms with van der Waals surface area (Å²) in [5.74, 6) is 0.589. The smallest absolute Gasteiger partial charge is 0.408 e. The molecule has 0 aliphatic carbocycles. The van der Waals surface area contributed by atoms with E-state index in [-0.39, 0.29) is 37.4 Å². The summed E-state index contributed by atoms with van der Waals surface area (Å²) < 4.78 is 49.0. The van der Waals surface area contributed by atoms with E-state index in [0.29, 0.717) is 22.7 Å². The molecule has 4 rings (SSSR count). The summed E-state index contributed by atoms with van der Waals surface area (Å²) >= 11 is 0. The van der Waals surface area contributed by atoms with E-state index in [1.54, 1.807) is 13.0 Å². The van der Waals surface area contributed by atoms with Crippen molar-refractivity contribution in [2.45, 2.75) is 37.3 Å². The van der Waals surface area contributed by atoms with Crippen LogP contribution in [0.4, 0.5) is 10.2 Å². The summed E-state index contributed by atoms with van der Waals surface area (Å²) in [6.45, 7) is 3.77. The minimum atomic E-state index is -3.82. The summed E-state index contributed by atoms with van der Waals surface area (Å²) in [6.07, 6.45) is 0.128. The van der Waals surface area contributed by atoms with E-state index in [1.165, 1.54) is 34.1 Å². The Labute approximate surface area is 179 Å². The molecule has 0 bridgehead atoms. The van der Waals surface area contributed by atoms with Gasteiger partial charge in [-0.15, -0.1) is 0 Å². The Morgan fingerprint density at radius 1 is 1.19 bits per heavy atom. The number of rotatable bonds is 5. The van der Waals surface area contributed by atoms with Gasteiger partial charge < -0.3 is 9.73 Å². The number of aryl methyl sites for hydroxylation is 3. The summed E-state index contributed by atoms with van der Waals surface area (Å²) in [7, 11) is -2.31. The van der Waals surface area contributed by atoms with Crippen molar-refractivity contribution in [1.82, 2.24) is 18.8 Å². The molecule has 0 saturated carbocycles. The predicted octanol–water partition coefficient (Wildman–Crippen LogP) is 2.14. The van der Waals surface area contributed by atoms with E-state index >= 15 is 4.39 Å². The third-order valence-electron chi connectivity index (χ3n) is 5.57. The SMILES string of the molecule is Cc1cc(NCC2(F)CCN(S(=O)(=O)c3ccc4oc(=O)n(C)c4c3)CC2)nc(C)n1. The molecule has 1 fully saturated rings. The number of halogens is 1. The zero-order valence-corrected chi connectivity index (χ0v) is 18.4. The Morgan fingerprint density at radius 2 is 1.90 bits per heavy atom. The van der Waals surface area contributed by atoms with Crippen LogP contribution in [0.1, 0.15) is 24.4 Å². The van der Waals surface area contributed by atoms with Crippen LogP contribution in [-0.2, 0) is 17.1 Å². The van der Waals surface area contributed by atoms with Gasteiger partial charge >= 0.3 is 5.76 Å². The zero-order valence-electron chi connectivity index (χ0n) is 17.6. The summed E-state index contributed by atoms with van der Waals surface area (Å²) in [6, 6.07) is 6.02. The Bertz CT molecular complexity index is 1270. The number of nitrogens with zero attached hydrogens (tertiary/aromatic N) is 4. The first-order chi connectivity index (χ1) is 14.6. The molecule has 9 nitrogen and oxygen atoms in total. The molecule has 166 valence electrons. The number of hydrogen-bond donors (Lipinski definition) is 1.